The van der Waals surface area contributed by atoms with Gasteiger partial charge < -0.3 is 10.2 Å². The topological polar surface area (TPSA) is 52.7 Å². The van der Waals surface area contributed by atoms with Crippen LogP contribution in [-0.4, -0.2) is 37.0 Å². The highest BCUT2D eigenvalue weighted by atomic mass is 16.2. The van der Waals surface area contributed by atoms with Crippen LogP contribution in [-0.2, 0) is 4.79 Å². The number of imide groups is 1. The second kappa shape index (κ2) is 6.44. The third-order valence-corrected chi connectivity index (χ3v) is 4.57. The van der Waals surface area contributed by atoms with Crippen molar-refractivity contribution in [2.75, 3.05) is 19.0 Å². The second-order valence-corrected chi connectivity index (χ2v) is 6.44. The molecule has 1 aromatic rings. The number of nitrogens with one attached hydrogen (secondary N) is 1. The molecule has 0 atom stereocenters. The molecule has 2 aliphatic rings. The summed E-state index contributed by atoms with van der Waals surface area (Å²) in [6.07, 6.45) is 6.97. The molecule has 1 aliphatic heterocycles. The van der Waals surface area contributed by atoms with Crippen molar-refractivity contribution >= 4 is 23.7 Å². The molecule has 1 aliphatic carbocycles. The van der Waals surface area contributed by atoms with Crippen LogP contribution in [0.1, 0.15) is 37.7 Å². The molecule has 1 saturated heterocycles. The summed E-state index contributed by atoms with van der Waals surface area (Å²) in [5.41, 5.74) is 2.38. The van der Waals surface area contributed by atoms with Gasteiger partial charge in [-0.15, -0.1) is 0 Å². The minimum atomic E-state index is -0.280. The Bertz CT molecular complexity index is 628. The fourth-order valence-corrected chi connectivity index (χ4v) is 3.25. The first kappa shape index (κ1) is 15.6. The molecule has 0 bridgehead atoms. The zero-order valence-corrected chi connectivity index (χ0v) is 13.7. The predicted octanol–water partition coefficient (Wildman–Crippen LogP) is 2.98. The lowest BCUT2D eigenvalue weighted by molar-refractivity contribution is -0.124. The molecule has 0 aromatic heterocycles. The molecule has 1 heterocycles. The maximum atomic E-state index is 12.6. The van der Waals surface area contributed by atoms with Gasteiger partial charge in [0.1, 0.15) is 5.70 Å². The van der Waals surface area contributed by atoms with Crippen molar-refractivity contribution < 1.29 is 9.59 Å². The van der Waals surface area contributed by atoms with Crippen molar-refractivity contribution in [3.63, 3.8) is 0 Å². The van der Waals surface area contributed by atoms with Gasteiger partial charge in [0.2, 0.25) is 0 Å². The molecule has 0 radical (unpaired) electrons. The molecule has 0 unspecified atom stereocenters. The van der Waals surface area contributed by atoms with E-state index in [1.807, 2.05) is 43.3 Å². The fraction of sp³-hybridized carbons (Fsp3) is 0.444. The second-order valence-electron chi connectivity index (χ2n) is 6.44. The van der Waals surface area contributed by atoms with Crippen LogP contribution in [0.3, 0.4) is 0 Å². The maximum absolute atomic E-state index is 12.6. The minimum absolute atomic E-state index is 0.0540. The third kappa shape index (κ3) is 3.23. The zero-order valence-electron chi connectivity index (χ0n) is 13.7. The molecule has 0 spiro atoms. The van der Waals surface area contributed by atoms with E-state index < -0.39 is 0 Å². The number of amides is 3. The third-order valence-electron chi connectivity index (χ3n) is 4.57. The lowest BCUT2D eigenvalue weighted by Crippen LogP contribution is -2.41. The van der Waals surface area contributed by atoms with E-state index in [-0.39, 0.29) is 18.0 Å². The molecule has 5 nitrogen and oxygen atoms in total. The average molecular weight is 313 g/mol. The minimum Gasteiger partial charge on any atom is -0.378 e. The van der Waals surface area contributed by atoms with E-state index in [1.165, 1.54) is 11.3 Å². The van der Waals surface area contributed by atoms with Crippen molar-refractivity contribution in [3.8, 4) is 0 Å². The van der Waals surface area contributed by atoms with Gasteiger partial charge in [0.15, 0.2) is 0 Å². The van der Waals surface area contributed by atoms with Crippen LogP contribution in [0.4, 0.5) is 10.5 Å². The van der Waals surface area contributed by atoms with Crippen LogP contribution in [0, 0.1) is 0 Å². The summed E-state index contributed by atoms with van der Waals surface area (Å²) >= 11 is 0. The van der Waals surface area contributed by atoms with Crippen molar-refractivity contribution in [1.29, 1.82) is 0 Å². The number of urea groups is 1. The van der Waals surface area contributed by atoms with E-state index in [0.29, 0.717) is 5.70 Å². The molecule has 1 saturated carbocycles. The van der Waals surface area contributed by atoms with Crippen LogP contribution < -0.4 is 10.2 Å². The molecule has 3 amide bonds. The van der Waals surface area contributed by atoms with E-state index in [0.717, 1.165) is 36.9 Å². The Hall–Kier alpha value is -2.30. The lowest BCUT2D eigenvalue weighted by atomic mass is 9.94. The summed E-state index contributed by atoms with van der Waals surface area (Å²) in [5, 5.41) is 2.73. The number of carbonyl (C=O) groups is 2. The van der Waals surface area contributed by atoms with Crippen LogP contribution >= 0.6 is 0 Å². The Morgan fingerprint density at radius 3 is 2.35 bits per heavy atom. The first-order valence-electron chi connectivity index (χ1n) is 8.20. The van der Waals surface area contributed by atoms with Crippen LogP contribution in [0.15, 0.2) is 30.0 Å². The molecular weight excluding hydrogens is 290 g/mol. The summed E-state index contributed by atoms with van der Waals surface area (Å²) in [6, 6.07) is 7.66. The van der Waals surface area contributed by atoms with Gasteiger partial charge in [-0.25, -0.2) is 4.79 Å². The van der Waals surface area contributed by atoms with Gasteiger partial charge in [0.05, 0.1) is 0 Å². The van der Waals surface area contributed by atoms with E-state index >= 15 is 0 Å². The van der Waals surface area contributed by atoms with Crippen molar-refractivity contribution in [2.24, 2.45) is 0 Å². The monoisotopic (exact) mass is 313 g/mol. The number of hydrogen-bond donors (Lipinski definition) is 1. The number of anilines is 1. The average Bonchev–Trinajstić information content (AvgIpc) is 2.82. The van der Waals surface area contributed by atoms with E-state index in [2.05, 4.69) is 5.32 Å². The highest BCUT2D eigenvalue weighted by Crippen LogP contribution is 2.26. The largest absolute Gasteiger partial charge is 0.378 e. The predicted molar refractivity (Wildman–Crippen MR) is 91.0 cm³/mol. The lowest BCUT2D eigenvalue weighted by Gasteiger charge is -2.28. The van der Waals surface area contributed by atoms with Crippen LogP contribution in [0.2, 0.25) is 0 Å². The fourth-order valence-electron chi connectivity index (χ4n) is 3.25. The number of benzene rings is 1. The Kier molecular flexibility index (Phi) is 4.37. The van der Waals surface area contributed by atoms with Crippen LogP contribution in [0.25, 0.3) is 6.08 Å². The molecule has 2 fully saturated rings. The Morgan fingerprint density at radius 2 is 1.74 bits per heavy atom. The SMILES string of the molecule is CN(C)c1ccc(/C=C2\NC(=O)N(C3CCCCC3)C2=O)cc1. The number of rotatable bonds is 3. The van der Waals surface area contributed by atoms with Crippen molar-refractivity contribution in [2.45, 2.75) is 38.1 Å². The molecule has 1 N–H and O–H groups in total. The highest BCUT2D eigenvalue weighted by Gasteiger charge is 2.38. The van der Waals surface area contributed by atoms with E-state index in [4.69, 9.17) is 0 Å². The normalized spacial score (nSPS) is 21.0. The summed E-state index contributed by atoms with van der Waals surface area (Å²) < 4.78 is 0. The molecule has 23 heavy (non-hydrogen) atoms. The molecular formula is C18H23N3O2. The summed E-state index contributed by atoms with van der Waals surface area (Å²) in [7, 11) is 3.96. The van der Waals surface area contributed by atoms with Crippen molar-refractivity contribution in [3.05, 3.63) is 35.5 Å². The van der Waals surface area contributed by atoms with E-state index in [9.17, 15) is 9.59 Å². The number of hydrogen-bond acceptors (Lipinski definition) is 3. The van der Waals surface area contributed by atoms with Crippen molar-refractivity contribution in [1.82, 2.24) is 10.2 Å². The Morgan fingerprint density at radius 1 is 1.09 bits per heavy atom. The highest BCUT2D eigenvalue weighted by molar-refractivity contribution is 6.14. The molecule has 5 heteroatoms. The number of carbonyl (C=O) groups excluding carboxylic acids is 2. The first-order chi connectivity index (χ1) is 11.1. The van der Waals surface area contributed by atoms with Gasteiger partial charge in [-0.1, -0.05) is 31.4 Å². The standard InChI is InChI=1S/C18H23N3O2/c1-20(2)14-10-8-13(9-11-14)12-16-17(22)21(18(23)19-16)15-6-4-3-5-7-15/h8-12,15H,3-7H2,1-2H3,(H,19,23)/b16-12-. The smallest absolute Gasteiger partial charge is 0.329 e. The number of nitrogens with zero attached hydrogens (tertiary/aromatic N) is 2. The van der Waals surface area contributed by atoms with Gasteiger partial charge in [0.25, 0.3) is 5.91 Å². The molecule has 1 aromatic carbocycles. The van der Waals surface area contributed by atoms with Gasteiger partial charge in [-0.3, -0.25) is 9.69 Å². The Balaban J connectivity index is 1.78. The summed E-state index contributed by atoms with van der Waals surface area (Å²) in [6.45, 7) is 0. The summed E-state index contributed by atoms with van der Waals surface area (Å²) in [5.74, 6) is -0.196. The first-order valence-corrected chi connectivity index (χ1v) is 8.20. The zero-order chi connectivity index (χ0) is 16.4. The van der Waals surface area contributed by atoms with Gasteiger partial charge in [-0.05, 0) is 36.6 Å². The van der Waals surface area contributed by atoms with Gasteiger partial charge >= 0.3 is 6.03 Å². The summed E-state index contributed by atoms with van der Waals surface area (Å²) in [4.78, 5) is 28.2. The quantitative estimate of drug-likeness (QED) is 0.689. The van der Waals surface area contributed by atoms with Gasteiger partial charge in [-0.2, -0.15) is 0 Å². The van der Waals surface area contributed by atoms with Gasteiger partial charge in [0, 0.05) is 25.8 Å². The maximum Gasteiger partial charge on any atom is 0.329 e. The molecule has 122 valence electrons. The van der Waals surface area contributed by atoms with E-state index in [1.54, 1.807) is 6.08 Å². The Labute approximate surface area is 137 Å². The van der Waals surface area contributed by atoms with Crippen LogP contribution in [0.5, 0.6) is 0 Å². The molecule has 3 rings (SSSR count).